The van der Waals surface area contributed by atoms with Gasteiger partial charge in [0.15, 0.2) is 0 Å². The minimum atomic E-state index is -0.512. The molecule has 21 heavy (non-hydrogen) atoms. The number of nitrogens with zero attached hydrogens (tertiary/aromatic N) is 1. The molecular formula is C15H22ClN3O2. The number of anilines is 1. The number of hydrogen-bond donors (Lipinski definition) is 2. The number of hydrogen-bond acceptors (Lipinski definition) is 3. The molecule has 0 bridgehead atoms. The number of nitrogens with two attached hydrogens (primary N) is 1. The van der Waals surface area contributed by atoms with Crippen molar-refractivity contribution in [3.05, 3.63) is 29.8 Å². The zero-order valence-corrected chi connectivity index (χ0v) is 13.0. The lowest BCUT2D eigenvalue weighted by atomic mass is 10.1. The highest BCUT2D eigenvalue weighted by Gasteiger charge is 2.23. The van der Waals surface area contributed by atoms with Gasteiger partial charge >= 0.3 is 0 Å². The Morgan fingerprint density at radius 1 is 1.24 bits per heavy atom. The molecule has 116 valence electrons. The summed E-state index contributed by atoms with van der Waals surface area (Å²) in [4.78, 5) is 26.1. The molecule has 1 heterocycles. The van der Waals surface area contributed by atoms with Crippen LogP contribution in [0.15, 0.2) is 24.3 Å². The molecule has 6 heteroatoms. The summed E-state index contributed by atoms with van der Waals surface area (Å²) in [5, 5.41) is 2.73. The number of nitrogens with one attached hydrogen (secondary N) is 1. The van der Waals surface area contributed by atoms with Crippen LogP contribution in [0.25, 0.3) is 0 Å². The molecule has 0 aliphatic carbocycles. The number of amides is 2. The normalized spacial score (nSPS) is 15.8. The number of carbonyl (C=O) groups is 2. The van der Waals surface area contributed by atoms with Crippen molar-refractivity contribution < 1.29 is 9.59 Å². The van der Waals surface area contributed by atoms with Crippen molar-refractivity contribution in [2.24, 2.45) is 0 Å². The van der Waals surface area contributed by atoms with Gasteiger partial charge in [-0.2, -0.15) is 0 Å². The molecule has 0 radical (unpaired) electrons. The summed E-state index contributed by atoms with van der Waals surface area (Å²) in [6.45, 7) is 3.30. The number of benzene rings is 1. The molecule has 1 fully saturated rings. The van der Waals surface area contributed by atoms with E-state index in [4.69, 9.17) is 5.73 Å². The molecule has 0 spiro atoms. The van der Waals surface area contributed by atoms with Gasteiger partial charge in [0, 0.05) is 24.3 Å². The molecule has 1 unspecified atom stereocenters. The highest BCUT2D eigenvalue weighted by Crippen LogP contribution is 2.11. The van der Waals surface area contributed by atoms with Crippen LogP contribution in [-0.2, 0) is 4.79 Å². The molecule has 1 aromatic rings. The Labute approximate surface area is 131 Å². The van der Waals surface area contributed by atoms with Gasteiger partial charge in [-0.1, -0.05) is 6.07 Å². The zero-order valence-electron chi connectivity index (χ0n) is 12.2. The van der Waals surface area contributed by atoms with Crippen LogP contribution in [0.4, 0.5) is 5.69 Å². The van der Waals surface area contributed by atoms with Gasteiger partial charge in [-0.05, 0) is 44.4 Å². The van der Waals surface area contributed by atoms with E-state index in [-0.39, 0.29) is 24.2 Å². The lowest BCUT2D eigenvalue weighted by Gasteiger charge is -2.29. The van der Waals surface area contributed by atoms with Crippen molar-refractivity contribution in [2.45, 2.75) is 32.2 Å². The summed E-state index contributed by atoms with van der Waals surface area (Å²) in [7, 11) is 0. The quantitative estimate of drug-likeness (QED) is 0.836. The molecule has 1 aromatic carbocycles. The number of piperidine rings is 1. The van der Waals surface area contributed by atoms with Crippen molar-refractivity contribution in [3.8, 4) is 0 Å². The van der Waals surface area contributed by atoms with Crippen molar-refractivity contribution in [3.63, 3.8) is 0 Å². The molecule has 1 aliphatic heterocycles. The SMILES string of the molecule is CC(NC(=O)c1cccc(N)c1)C(=O)N1CCCCC1.Cl. The van der Waals surface area contributed by atoms with Crippen molar-refractivity contribution in [1.29, 1.82) is 0 Å². The van der Waals surface area contributed by atoms with Crippen molar-refractivity contribution >= 4 is 29.9 Å². The summed E-state index contributed by atoms with van der Waals surface area (Å²) in [6.07, 6.45) is 3.26. The van der Waals surface area contributed by atoms with Crippen LogP contribution in [0.2, 0.25) is 0 Å². The predicted octanol–water partition coefficient (Wildman–Crippen LogP) is 1.82. The van der Waals surface area contributed by atoms with Crippen LogP contribution in [-0.4, -0.2) is 35.8 Å². The topological polar surface area (TPSA) is 75.4 Å². The van der Waals surface area contributed by atoms with Crippen molar-refractivity contribution in [1.82, 2.24) is 10.2 Å². The first-order chi connectivity index (χ1) is 9.58. The van der Waals surface area contributed by atoms with Gasteiger partial charge < -0.3 is 16.0 Å². The smallest absolute Gasteiger partial charge is 0.251 e. The molecular weight excluding hydrogens is 290 g/mol. The van der Waals surface area contributed by atoms with Crippen LogP contribution < -0.4 is 11.1 Å². The second-order valence-electron chi connectivity index (χ2n) is 5.21. The average Bonchev–Trinajstić information content (AvgIpc) is 2.47. The van der Waals surface area contributed by atoms with E-state index in [2.05, 4.69) is 5.32 Å². The number of halogens is 1. The maximum Gasteiger partial charge on any atom is 0.251 e. The molecule has 1 aliphatic rings. The third-order valence-corrected chi connectivity index (χ3v) is 3.53. The Morgan fingerprint density at radius 3 is 2.52 bits per heavy atom. The standard InChI is InChI=1S/C15H21N3O2.ClH/c1-11(15(20)18-8-3-2-4-9-18)17-14(19)12-6-5-7-13(16)10-12;/h5-7,10-11H,2-4,8-9,16H2,1H3,(H,17,19);1H. The lowest BCUT2D eigenvalue weighted by molar-refractivity contribution is -0.133. The van der Waals surface area contributed by atoms with E-state index in [9.17, 15) is 9.59 Å². The first-order valence-electron chi connectivity index (χ1n) is 7.03. The predicted molar refractivity (Wildman–Crippen MR) is 85.5 cm³/mol. The summed E-state index contributed by atoms with van der Waals surface area (Å²) >= 11 is 0. The lowest BCUT2D eigenvalue weighted by Crippen LogP contribution is -2.48. The van der Waals surface area contributed by atoms with E-state index in [0.29, 0.717) is 11.3 Å². The third kappa shape index (κ3) is 4.63. The van der Waals surface area contributed by atoms with Crippen LogP contribution >= 0.6 is 12.4 Å². The van der Waals surface area contributed by atoms with E-state index >= 15 is 0 Å². The van der Waals surface area contributed by atoms with Gasteiger partial charge in [-0.15, -0.1) is 12.4 Å². The van der Waals surface area contributed by atoms with Crippen LogP contribution in [0.5, 0.6) is 0 Å². The molecule has 3 N–H and O–H groups in total. The monoisotopic (exact) mass is 311 g/mol. The third-order valence-electron chi connectivity index (χ3n) is 3.53. The largest absolute Gasteiger partial charge is 0.399 e. The van der Waals surface area contributed by atoms with E-state index in [1.54, 1.807) is 31.2 Å². The second kappa shape index (κ2) is 7.88. The number of nitrogen functional groups attached to an aromatic ring is 1. The van der Waals surface area contributed by atoms with E-state index < -0.39 is 6.04 Å². The van der Waals surface area contributed by atoms with Gasteiger partial charge in [0.1, 0.15) is 6.04 Å². The van der Waals surface area contributed by atoms with Gasteiger partial charge in [-0.3, -0.25) is 9.59 Å². The average molecular weight is 312 g/mol. The number of rotatable bonds is 3. The van der Waals surface area contributed by atoms with Gasteiger partial charge in [-0.25, -0.2) is 0 Å². The summed E-state index contributed by atoms with van der Waals surface area (Å²) < 4.78 is 0. The van der Waals surface area contributed by atoms with Crippen molar-refractivity contribution in [2.75, 3.05) is 18.8 Å². The van der Waals surface area contributed by atoms with Crippen LogP contribution in [0.1, 0.15) is 36.5 Å². The molecule has 0 aromatic heterocycles. The first-order valence-corrected chi connectivity index (χ1v) is 7.03. The molecule has 0 saturated carbocycles. The summed E-state index contributed by atoms with van der Waals surface area (Å²) in [6, 6.07) is 6.22. The fourth-order valence-corrected chi connectivity index (χ4v) is 2.41. The van der Waals surface area contributed by atoms with Gasteiger partial charge in [0.25, 0.3) is 5.91 Å². The Kier molecular flexibility index (Phi) is 6.49. The molecule has 1 atom stereocenters. The number of likely N-dealkylation sites (tertiary alicyclic amines) is 1. The van der Waals surface area contributed by atoms with E-state index in [1.807, 2.05) is 4.90 Å². The molecule has 1 saturated heterocycles. The fourth-order valence-electron chi connectivity index (χ4n) is 2.41. The van der Waals surface area contributed by atoms with E-state index in [1.165, 1.54) is 6.42 Å². The Balaban J connectivity index is 0.00000220. The highest BCUT2D eigenvalue weighted by atomic mass is 35.5. The number of carbonyl (C=O) groups excluding carboxylic acids is 2. The Morgan fingerprint density at radius 2 is 1.90 bits per heavy atom. The fraction of sp³-hybridized carbons (Fsp3) is 0.467. The molecule has 2 rings (SSSR count). The summed E-state index contributed by atoms with van der Waals surface area (Å²) in [5.41, 5.74) is 6.66. The van der Waals surface area contributed by atoms with Crippen LogP contribution in [0, 0.1) is 0 Å². The minimum Gasteiger partial charge on any atom is -0.399 e. The second-order valence-corrected chi connectivity index (χ2v) is 5.21. The van der Waals surface area contributed by atoms with Crippen LogP contribution in [0.3, 0.4) is 0 Å². The molecule has 2 amide bonds. The highest BCUT2D eigenvalue weighted by molar-refractivity contribution is 5.98. The Hall–Kier alpha value is -1.75. The molecule has 5 nitrogen and oxygen atoms in total. The van der Waals surface area contributed by atoms with E-state index in [0.717, 1.165) is 25.9 Å². The van der Waals surface area contributed by atoms with Gasteiger partial charge in [0.05, 0.1) is 0 Å². The zero-order chi connectivity index (χ0) is 14.5. The van der Waals surface area contributed by atoms with Gasteiger partial charge in [0.2, 0.25) is 5.91 Å². The maximum atomic E-state index is 12.2. The first kappa shape index (κ1) is 17.3. The Bertz CT molecular complexity index is 501. The maximum absolute atomic E-state index is 12.2. The minimum absolute atomic E-state index is 0. The summed E-state index contributed by atoms with van der Waals surface area (Å²) in [5.74, 6) is -0.280.